The minimum Gasteiger partial charge on any atom is -0.494 e. The highest BCUT2D eigenvalue weighted by Gasteiger charge is 2.23. The van der Waals surface area contributed by atoms with Gasteiger partial charge in [-0.25, -0.2) is 0 Å². The van der Waals surface area contributed by atoms with E-state index < -0.39 is 21.8 Å². The summed E-state index contributed by atoms with van der Waals surface area (Å²) in [6.07, 6.45) is 2.70. The van der Waals surface area contributed by atoms with Crippen molar-refractivity contribution in [1.82, 2.24) is 9.62 Å². The molecule has 1 atom stereocenters. The maximum atomic E-state index is 12.8. The van der Waals surface area contributed by atoms with Gasteiger partial charge in [-0.05, 0) is 44.5 Å². The van der Waals surface area contributed by atoms with Crippen molar-refractivity contribution in [3.05, 3.63) is 29.8 Å². The van der Waals surface area contributed by atoms with Crippen LogP contribution in [0.15, 0.2) is 28.6 Å². The Balaban J connectivity index is 2.85. The van der Waals surface area contributed by atoms with Gasteiger partial charge in [0.2, 0.25) is 5.91 Å². The van der Waals surface area contributed by atoms with Gasteiger partial charge in [0.1, 0.15) is 5.75 Å². The number of ether oxygens (including phenoxy) is 1. The van der Waals surface area contributed by atoms with Crippen LogP contribution in [0, 0.1) is 0 Å². The lowest BCUT2D eigenvalue weighted by Gasteiger charge is -2.21. The van der Waals surface area contributed by atoms with E-state index in [1.54, 1.807) is 31.3 Å². The fourth-order valence-corrected chi connectivity index (χ4v) is 3.62. The van der Waals surface area contributed by atoms with Crippen molar-refractivity contribution in [2.45, 2.75) is 52.0 Å². The second kappa shape index (κ2) is 14.1. The van der Waals surface area contributed by atoms with Crippen LogP contribution in [0.3, 0.4) is 0 Å². The third-order valence-corrected chi connectivity index (χ3v) is 5.18. The van der Waals surface area contributed by atoms with Gasteiger partial charge in [0.25, 0.3) is 0 Å². The second-order valence-electron chi connectivity index (χ2n) is 6.28. The van der Waals surface area contributed by atoms with Crippen LogP contribution in [0.5, 0.6) is 5.75 Å². The Labute approximate surface area is 178 Å². The molecule has 0 aliphatic heterocycles. The van der Waals surface area contributed by atoms with Gasteiger partial charge >= 0.3 is 15.7 Å². The van der Waals surface area contributed by atoms with E-state index in [0.29, 0.717) is 25.2 Å². The average Bonchev–Trinajstić information content (AvgIpc) is 2.67. The molecule has 0 bridgehead atoms. The number of hydrogen-bond donors (Lipinski definition) is 1. The average molecular weight is 444 g/mol. The van der Waals surface area contributed by atoms with Crippen molar-refractivity contribution in [3.63, 3.8) is 0 Å². The molecule has 0 aliphatic rings. The van der Waals surface area contributed by atoms with E-state index in [2.05, 4.69) is 9.08 Å². The van der Waals surface area contributed by atoms with E-state index in [1.807, 2.05) is 13.8 Å². The first-order valence-corrected chi connectivity index (χ1v) is 11.5. The summed E-state index contributed by atoms with van der Waals surface area (Å²) in [4.78, 5) is 26.3. The summed E-state index contributed by atoms with van der Waals surface area (Å²) in [7, 11) is -0.922. The van der Waals surface area contributed by atoms with Gasteiger partial charge in [0, 0.05) is 18.5 Å². The minimum atomic E-state index is -2.52. The van der Waals surface area contributed by atoms with Gasteiger partial charge < -0.3 is 4.74 Å². The minimum absolute atomic E-state index is 0.0622. The number of hydrogen-bond acceptors (Lipinski definition) is 8. The number of carbonyl (C=O) groups is 2. The Morgan fingerprint density at radius 2 is 1.90 bits per heavy atom. The predicted octanol–water partition coefficient (Wildman–Crippen LogP) is 3.46. The summed E-state index contributed by atoms with van der Waals surface area (Å²) in [6, 6.07) is 6.70. The first-order chi connectivity index (χ1) is 13.9. The molecule has 0 radical (unpaired) electrons. The molecule has 1 N–H and O–H groups in total. The van der Waals surface area contributed by atoms with Crippen LogP contribution < -0.4 is 9.46 Å². The molecular weight excluding hydrogens is 414 g/mol. The molecular formula is C19H29N3O5S2. The van der Waals surface area contributed by atoms with E-state index in [4.69, 9.17) is 4.74 Å². The normalized spacial score (nSPS) is 11.6. The van der Waals surface area contributed by atoms with E-state index in [9.17, 15) is 18.0 Å². The number of benzene rings is 1. The van der Waals surface area contributed by atoms with E-state index in [0.717, 1.165) is 35.3 Å². The zero-order chi connectivity index (χ0) is 21.6. The fourth-order valence-electron chi connectivity index (χ4n) is 2.69. The molecule has 8 nitrogen and oxygen atoms in total. The second-order valence-corrected chi connectivity index (χ2v) is 7.89. The van der Waals surface area contributed by atoms with Crippen LogP contribution in [0.2, 0.25) is 0 Å². The first kappa shape index (κ1) is 25.1. The molecule has 0 heterocycles. The number of nitrogens with one attached hydrogen (secondary N) is 1. The molecule has 0 fully saturated rings. The summed E-state index contributed by atoms with van der Waals surface area (Å²) in [5, 5.41) is -0.430. The number of carbonyl (C=O) groups excluding carboxylic acids is 2. The highest BCUT2D eigenvalue weighted by atomic mass is 32.2. The van der Waals surface area contributed by atoms with Crippen LogP contribution in [-0.2, 0) is 21.7 Å². The van der Waals surface area contributed by atoms with Crippen molar-refractivity contribution in [2.75, 3.05) is 20.2 Å². The monoisotopic (exact) mass is 443 g/mol. The van der Waals surface area contributed by atoms with E-state index in [-0.39, 0.29) is 18.9 Å². The molecule has 10 heteroatoms. The van der Waals surface area contributed by atoms with Gasteiger partial charge in [0.05, 0.1) is 19.1 Å². The summed E-state index contributed by atoms with van der Waals surface area (Å²) in [5.41, 5.74) is 0.763. The molecule has 1 unspecified atom stereocenters. The van der Waals surface area contributed by atoms with Gasteiger partial charge in [0.15, 0.2) is 0 Å². The van der Waals surface area contributed by atoms with Crippen molar-refractivity contribution in [1.29, 1.82) is 0 Å². The van der Waals surface area contributed by atoms with E-state index >= 15 is 0 Å². The number of rotatable bonds is 12. The molecule has 2 amide bonds. The predicted molar refractivity (Wildman–Crippen MR) is 114 cm³/mol. The zero-order valence-corrected chi connectivity index (χ0v) is 18.7. The number of nitrogens with zero attached hydrogens (tertiary/aromatic N) is 2. The lowest BCUT2D eigenvalue weighted by atomic mass is 10.1. The molecule has 1 aromatic carbocycles. The largest absolute Gasteiger partial charge is 0.494 e. The van der Waals surface area contributed by atoms with Gasteiger partial charge in [-0.3, -0.25) is 19.2 Å². The SMILES string of the molecule is CCCCC(CCN(C(=O)Cc1ccc(OCC)cc1)C(=O)SNC)N=S(=O)=O. The molecule has 0 saturated carbocycles. The van der Waals surface area contributed by atoms with E-state index in [1.165, 1.54) is 0 Å². The fraction of sp³-hybridized carbons (Fsp3) is 0.579. The van der Waals surface area contributed by atoms with Crippen molar-refractivity contribution >= 4 is 33.6 Å². The van der Waals surface area contributed by atoms with Crippen LogP contribution in [0.1, 0.15) is 45.1 Å². The van der Waals surface area contributed by atoms with Crippen LogP contribution in [-0.4, -0.2) is 50.7 Å². The lowest BCUT2D eigenvalue weighted by molar-refractivity contribution is -0.127. The van der Waals surface area contributed by atoms with Gasteiger partial charge in [-0.1, -0.05) is 31.9 Å². The quantitative estimate of drug-likeness (QED) is 0.493. The van der Waals surface area contributed by atoms with Gasteiger partial charge in [-0.15, -0.1) is 0 Å². The highest BCUT2D eigenvalue weighted by molar-refractivity contribution is 8.11. The molecule has 0 aliphatic carbocycles. The number of amides is 2. The van der Waals surface area contributed by atoms with Crippen LogP contribution >= 0.6 is 11.9 Å². The van der Waals surface area contributed by atoms with Crippen molar-refractivity contribution in [2.24, 2.45) is 4.36 Å². The Morgan fingerprint density at radius 3 is 2.45 bits per heavy atom. The molecule has 29 heavy (non-hydrogen) atoms. The third-order valence-electron chi connectivity index (χ3n) is 4.11. The first-order valence-electron chi connectivity index (χ1n) is 9.61. The molecule has 0 saturated heterocycles. The Morgan fingerprint density at radius 1 is 1.21 bits per heavy atom. The molecule has 1 rings (SSSR count). The number of unbranched alkanes of at least 4 members (excludes halogenated alkanes) is 1. The Kier molecular flexibility index (Phi) is 12.2. The Bertz CT molecular complexity index is 774. The standard InChI is InChI=1S/C19H29N3O5S2/c1-4-6-7-16(21-29(25)26)12-13-22(19(24)28-20-3)18(23)14-15-8-10-17(11-9-15)27-5-2/h8-11,16,20H,4-7,12-14H2,1-3H3. The topological polar surface area (TPSA) is 105 Å². The third kappa shape index (κ3) is 9.91. The molecule has 0 aromatic heterocycles. The zero-order valence-electron chi connectivity index (χ0n) is 17.1. The molecule has 0 spiro atoms. The highest BCUT2D eigenvalue weighted by Crippen LogP contribution is 2.16. The summed E-state index contributed by atoms with van der Waals surface area (Å²) >= 11 is 0.815. The van der Waals surface area contributed by atoms with Gasteiger partial charge in [-0.2, -0.15) is 12.8 Å². The summed E-state index contributed by atoms with van der Waals surface area (Å²) in [5.74, 6) is 0.368. The lowest BCUT2D eigenvalue weighted by Crippen LogP contribution is -2.38. The van der Waals surface area contributed by atoms with Crippen molar-refractivity contribution in [3.8, 4) is 5.75 Å². The summed E-state index contributed by atoms with van der Waals surface area (Å²) in [6.45, 7) is 4.56. The molecule has 1 aromatic rings. The Hall–Kier alpha value is -1.91. The molecule has 162 valence electrons. The van der Waals surface area contributed by atoms with Crippen molar-refractivity contribution < 1.29 is 22.7 Å². The maximum Gasteiger partial charge on any atom is 0.311 e. The smallest absolute Gasteiger partial charge is 0.311 e. The number of imide groups is 1. The summed E-state index contributed by atoms with van der Waals surface area (Å²) < 4.78 is 33.7. The van der Waals surface area contributed by atoms with Crippen LogP contribution in [0.25, 0.3) is 0 Å². The van der Waals surface area contributed by atoms with Crippen LogP contribution in [0.4, 0.5) is 4.79 Å². The maximum absolute atomic E-state index is 12.8.